The molecule has 1 saturated heterocycles. The minimum absolute atomic E-state index is 0.0437. The maximum absolute atomic E-state index is 12.7. The van der Waals surface area contributed by atoms with E-state index < -0.39 is 11.8 Å². The molecule has 2 aromatic carbocycles. The number of amides is 2. The van der Waals surface area contributed by atoms with Crippen LogP contribution in [0.25, 0.3) is 10.9 Å². The van der Waals surface area contributed by atoms with Gasteiger partial charge < -0.3 is 4.57 Å². The Hall–Kier alpha value is -2.59. The summed E-state index contributed by atoms with van der Waals surface area (Å²) in [6.45, 7) is 0. The van der Waals surface area contributed by atoms with Crippen LogP contribution in [0.5, 0.6) is 0 Å². The van der Waals surface area contributed by atoms with E-state index in [4.69, 9.17) is 11.6 Å². The van der Waals surface area contributed by atoms with E-state index in [1.807, 2.05) is 18.3 Å². The molecule has 0 spiro atoms. The van der Waals surface area contributed by atoms with Crippen LogP contribution in [0.4, 0.5) is 0 Å². The number of hydrogen-bond acceptors (Lipinski definition) is 2. The lowest BCUT2D eigenvalue weighted by atomic mass is 9.79. The lowest BCUT2D eigenvalue weighted by Crippen LogP contribution is -2.31. The number of benzene rings is 2. The Bertz CT molecular complexity index is 1060. The molecule has 0 bridgehead atoms. The average Bonchev–Trinajstić information content (AvgIpc) is 3.18. The Morgan fingerprint density at radius 1 is 1.04 bits per heavy atom. The summed E-state index contributed by atoms with van der Waals surface area (Å²) < 4.78 is 2.19. The summed E-state index contributed by atoms with van der Waals surface area (Å²) in [5, 5.41) is 4.30. The molecule has 0 saturated carbocycles. The highest BCUT2D eigenvalue weighted by molar-refractivity contribution is 6.30. The first kappa shape index (κ1) is 15.6. The molecule has 1 N–H and O–H groups in total. The zero-order valence-electron chi connectivity index (χ0n) is 14.0. The van der Waals surface area contributed by atoms with Crippen molar-refractivity contribution in [1.82, 2.24) is 9.88 Å². The monoisotopic (exact) mass is 364 g/mol. The van der Waals surface area contributed by atoms with Crippen molar-refractivity contribution in [2.45, 2.75) is 24.8 Å². The zero-order valence-corrected chi connectivity index (χ0v) is 14.7. The maximum Gasteiger partial charge on any atom is 0.234 e. The number of nitrogens with zero attached hydrogens (tertiary/aromatic N) is 1. The van der Waals surface area contributed by atoms with Gasteiger partial charge in [0, 0.05) is 17.3 Å². The molecule has 1 aromatic heterocycles. The van der Waals surface area contributed by atoms with Gasteiger partial charge in [0.2, 0.25) is 11.8 Å². The lowest BCUT2D eigenvalue weighted by Gasteiger charge is -2.31. The Balaban J connectivity index is 1.64. The second kappa shape index (κ2) is 5.71. The van der Waals surface area contributed by atoms with E-state index in [1.54, 1.807) is 12.1 Å². The number of aromatic nitrogens is 1. The Morgan fingerprint density at radius 2 is 1.88 bits per heavy atom. The number of carbonyl (C=O) groups is 2. The predicted octanol–water partition coefficient (Wildman–Crippen LogP) is 3.84. The number of aryl methyl sites for hydroxylation is 1. The molecule has 2 aliphatic heterocycles. The highest BCUT2D eigenvalue weighted by Gasteiger charge is 2.48. The molecular formula is C21H17ClN2O2. The summed E-state index contributed by atoms with van der Waals surface area (Å²) in [5.41, 5.74) is 3.28. The van der Waals surface area contributed by atoms with Gasteiger partial charge in [-0.25, -0.2) is 0 Å². The molecule has 3 heterocycles. The summed E-state index contributed by atoms with van der Waals surface area (Å²) >= 11 is 6.13. The van der Waals surface area contributed by atoms with Gasteiger partial charge >= 0.3 is 0 Å². The van der Waals surface area contributed by atoms with E-state index in [2.05, 4.69) is 34.1 Å². The summed E-state index contributed by atoms with van der Waals surface area (Å²) in [6.07, 6.45) is 3.79. The van der Waals surface area contributed by atoms with Gasteiger partial charge in [-0.05, 0) is 47.6 Å². The topological polar surface area (TPSA) is 51.1 Å². The van der Waals surface area contributed by atoms with Crippen molar-refractivity contribution in [2.75, 3.05) is 0 Å². The van der Waals surface area contributed by atoms with Crippen molar-refractivity contribution in [1.29, 1.82) is 0 Å². The summed E-state index contributed by atoms with van der Waals surface area (Å²) in [5.74, 6) is -1.35. The minimum atomic E-state index is -0.506. The van der Waals surface area contributed by atoms with E-state index in [-0.39, 0.29) is 17.9 Å². The quantitative estimate of drug-likeness (QED) is 0.702. The van der Waals surface area contributed by atoms with Crippen molar-refractivity contribution in [3.05, 3.63) is 70.9 Å². The molecule has 0 aliphatic carbocycles. The molecule has 0 radical (unpaired) electrons. The Kier molecular flexibility index (Phi) is 3.44. The molecule has 2 amide bonds. The molecule has 1 fully saturated rings. The van der Waals surface area contributed by atoms with Crippen LogP contribution in [0.1, 0.15) is 29.5 Å². The van der Waals surface area contributed by atoms with Gasteiger partial charge in [0.05, 0.1) is 17.4 Å². The van der Waals surface area contributed by atoms with E-state index in [0.29, 0.717) is 5.02 Å². The molecule has 4 nitrogen and oxygen atoms in total. The molecule has 130 valence electrons. The number of nitrogens with one attached hydrogen (secondary N) is 1. The largest absolute Gasteiger partial charge is 0.343 e. The maximum atomic E-state index is 12.7. The summed E-state index contributed by atoms with van der Waals surface area (Å²) in [4.78, 5) is 25.3. The fourth-order valence-corrected chi connectivity index (χ4v) is 4.82. The van der Waals surface area contributed by atoms with Gasteiger partial charge in [-0.1, -0.05) is 41.9 Å². The number of para-hydroxylation sites is 1. The number of imide groups is 1. The first-order valence-electron chi connectivity index (χ1n) is 8.82. The highest BCUT2D eigenvalue weighted by atomic mass is 35.5. The molecule has 3 aromatic rings. The smallest absolute Gasteiger partial charge is 0.234 e. The summed E-state index contributed by atoms with van der Waals surface area (Å²) in [7, 11) is 0. The van der Waals surface area contributed by atoms with Gasteiger partial charge in [-0.15, -0.1) is 0 Å². The fraction of sp³-hybridized carbons (Fsp3) is 0.238. The van der Waals surface area contributed by atoms with Crippen LogP contribution in [-0.4, -0.2) is 16.4 Å². The molecule has 3 atom stereocenters. The van der Waals surface area contributed by atoms with E-state index in [9.17, 15) is 9.59 Å². The highest BCUT2D eigenvalue weighted by Crippen LogP contribution is 2.44. The van der Waals surface area contributed by atoms with Crippen molar-refractivity contribution in [3.8, 4) is 0 Å². The van der Waals surface area contributed by atoms with Crippen molar-refractivity contribution < 1.29 is 9.59 Å². The average molecular weight is 365 g/mol. The van der Waals surface area contributed by atoms with Crippen LogP contribution in [0, 0.1) is 5.92 Å². The minimum Gasteiger partial charge on any atom is -0.343 e. The third-order valence-corrected chi connectivity index (χ3v) is 5.94. The number of halogens is 1. The van der Waals surface area contributed by atoms with Crippen molar-refractivity contribution in [3.63, 3.8) is 0 Å². The van der Waals surface area contributed by atoms with E-state index in [1.165, 1.54) is 16.5 Å². The first-order chi connectivity index (χ1) is 12.6. The van der Waals surface area contributed by atoms with Crippen molar-refractivity contribution >= 4 is 34.3 Å². The molecule has 2 aliphatic rings. The number of hydrogen-bond donors (Lipinski definition) is 1. The van der Waals surface area contributed by atoms with Crippen LogP contribution in [0.15, 0.2) is 54.7 Å². The molecule has 5 rings (SSSR count). The van der Waals surface area contributed by atoms with Crippen LogP contribution in [-0.2, 0) is 16.0 Å². The first-order valence-corrected chi connectivity index (χ1v) is 9.20. The number of carbonyl (C=O) groups excluding carboxylic acids is 2. The second-order valence-corrected chi connectivity index (χ2v) is 7.53. The number of rotatable bonds is 2. The molecular weight excluding hydrogens is 348 g/mol. The van der Waals surface area contributed by atoms with E-state index in [0.717, 1.165) is 18.4 Å². The van der Waals surface area contributed by atoms with Crippen LogP contribution < -0.4 is 5.32 Å². The van der Waals surface area contributed by atoms with Crippen LogP contribution >= 0.6 is 11.6 Å². The van der Waals surface area contributed by atoms with Gasteiger partial charge in [0.25, 0.3) is 0 Å². The summed E-state index contributed by atoms with van der Waals surface area (Å²) in [6, 6.07) is 15.6. The second-order valence-electron chi connectivity index (χ2n) is 7.10. The van der Waals surface area contributed by atoms with E-state index >= 15 is 0 Å². The predicted molar refractivity (Wildman–Crippen MR) is 100 cm³/mol. The normalized spacial score (nSPS) is 24.9. The Labute approximate surface area is 155 Å². The van der Waals surface area contributed by atoms with Crippen molar-refractivity contribution in [2.24, 2.45) is 5.92 Å². The molecule has 26 heavy (non-hydrogen) atoms. The van der Waals surface area contributed by atoms with Crippen LogP contribution in [0.3, 0.4) is 0 Å². The molecule has 5 heteroatoms. The fourth-order valence-electron chi connectivity index (χ4n) is 4.62. The van der Waals surface area contributed by atoms with Gasteiger partial charge in [-0.2, -0.15) is 0 Å². The van der Waals surface area contributed by atoms with Gasteiger partial charge in [-0.3, -0.25) is 14.9 Å². The zero-order chi connectivity index (χ0) is 17.8. The lowest BCUT2D eigenvalue weighted by molar-refractivity contribution is -0.126. The third-order valence-electron chi connectivity index (χ3n) is 5.70. The molecule has 1 unspecified atom stereocenters. The van der Waals surface area contributed by atoms with Crippen LogP contribution in [0.2, 0.25) is 5.02 Å². The van der Waals surface area contributed by atoms with Gasteiger partial charge in [0.15, 0.2) is 0 Å². The standard InChI is InChI=1S/C21H17ClN2O2/c22-15-6-2-5-14(11-15)17-18(21(26)23-20(17)25)16-8-7-12-3-1-4-13-9-10-24(16)19(12)13/h1-6,9-11,16-18H,7-8H2,(H,23,25,26)/t16?,17-,18+/m0/s1. The Morgan fingerprint density at radius 3 is 2.73 bits per heavy atom. The SMILES string of the molecule is O=C1NC(=O)[C@@H](c2cccc(Cl)c2)[C@H]1C1CCc2cccc3ccn1c23. The van der Waals surface area contributed by atoms with Gasteiger partial charge in [0.1, 0.15) is 0 Å². The third kappa shape index (κ3) is 2.22.